The third kappa shape index (κ3) is 2.58. The van der Waals surface area contributed by atoms with Gasteiger partial charge in [0.05, 0.1) is 0 Å². The van der Waals surface area contributed by atoms with Crippen molar-refractivity contribution in [3.05, 3.63) is 22.4 Å². The van der Waals surface area contributed by atoms with Crippen LogP contribution in [0.3, 0.4) is 0 Å². The Morgan fingerprint density at radius 3 is 2.86 bits per heavy atom. The molecule has 0 aromatic carbocycles. The van der Waals surface area contributed by atoms with Gasteiger partial charge in [0.1, 0.15) is 0 Å². The molecule has 14 heavy (non-hydrogen) atoms. The third-order valence-corrected chi connectivity index (χ3v) is 4.15. The number of hydrogen-bond acceptors (Lipinski definition) is 2. The van der Waals surface area contributed by atoms with E-state index in [9.17, 15) is 0 Å². The molecule has 0 radical (unpaired) electrons. The van der Waals surface area contributed by atoms with Gasteiger partial charge < -0.3 is 5.32 Å². The molecule has 1 N–H and O–H groups in total. The van der Waals surface area contributed by atoms with E-state index in [0.29, 0.717) is 5.54 Å². The van der Waals surface area contributed by atoms with Crippen molar-refractivity contribution in [1.82, 2.24) is 5.32 Å². The van der Waals surface area contributed by atoms with E-state index < -0.39 is 0 Å². The Bertz CT molecular complexity index is 260. The summed E-state index contributed by atoms with van der Waals surface area (Å²) >= 11 is 1.86. The summed E-state index contributed by atoms with van der Waals surface area (Å²) in [7, 11) is 0. The molecule has 78 valence electrons. The smallest absolute Gasteiger partial charge is 0.0153 e. The lowest BCUT2D eigenvalue weighted by molar-refractivity contribution is 0.368. The maximum Gasteiger partial charge on any atom is 0.0153 e. The molecule has 0 aliphatic heterocycles. The molecular weight excluding hydrogens is 190 g/mol. The van der Waals surface area contributed by atoms with Crippen LogP contribution in [-0.2, 0) is 6.42 Å². The summed E-state index contributed by atoms with van der Waals surface area (Å²) in [5.41, 5.74) is 0.442. The molecule has 1 saturated carbocycles. The van der Waals surface area contributed by atoms with Gasteiger partial charge in [-0.3, -0.25) is 0 Å². The van der Waals surface area contributed by atoms with E-state index in [1.54, 1.807) is 0 Å². The van der Waals surface area contributed by atoms with E-state index in [4.69, 9.17) is 0 Å². The number of thiophene rings is 1. The Hall–Kier alpha value is -0.340. The van der Waals surface area contributed by atoms with E-state index in [1.165, 1.54) is 37.0 Å². The molecule has 0 spiro atoms. The molecule has 1 aliphatic carbocycles. The monoisotopic (exact) mass is 209 g/mol. The molecule has 1 nitrogen and oxygen atoms in total. The molecule has 1 fully saturated rings. The van der Waals surface area contributed by atoms with Crippen LogP contribution < -0.4 is 5.32 Å². The molecular formula is C12H19NS. The number of rotatable bonds is 4. The van der Waals surface area contributed by atoms with Gasteiger partial charge in [0.25, 0.3) is 0 Å². The van der Waals surface area contributed by atoms with E-state index >= 15 is 0 Å². The molecule has 2 heteroatoms. The fourth-order valence-electron chi connectivity index (χ4n) is 2.27. The van der Waals surface area contributed by atoms with Gasteiger partial charge in [-0.25, -0.2) is 0 Å². The normalized spacial score (nSPS) is 20.1. The van der Waals surface area contributed by atoms with Crippen LogP contribution in [0.2, 0.25) is 0 Å². The van der Waals surface area contributed by atoms with Gasteiger partial charge >= 0.3 is 0 Å². The summed E-state index contributed by atoms with van der Waals surface area (Å²) < 4.78 is 0. The quantitative estimate of drug-likeness (QED) is 0.803. The molecule has 0 saturated heterocycles. The van der Waals surface area contributed by atoms with Crippen LogP contribution in [0.5, 0.6) is 0 Å². The Morgan fingerprint density at radius 1 is 1.43 bits per heavy atom. The highest BCUT2D eigenvalue weighted by atomic mass is 32.1. The maximum absolute atomic E-state index is 3.70. The Labute approximate surface area is 90.5 Å². The van der Waals surface area contributed by atoms with Gasteiger partial charge in [0.2, 0.25) is 0 Å². The van der Waals surface area contributed by atoms with Crippen LogP contribution in [0, 0.1) is 0 Å². The summed E-state index contributed by atoms with van der Waals surface area (Å²) in [5, 5.41) is 5.86. The van der Waals surface area contributed by atoms with Crippen molar-refractivity contribution < 1.29 is 0 Å². The highest BCUT2D eigenvalue weighted by molar-refractivity contribution is 7.09. The van der Waals surface area contributed by atoms with Crippen LogP contribution in [-0.4, -0.2) is 12.1 Å². The fraction of sp³-hybridized carbons (Fsp3) is 0.667. The van der Waals surface area contributed by atoms with E-state index in [1.807, 2.05) is 11.3 Å². The second kappa shape index (κ2) is 4.45. The topological polar surface area (TPSA) is 12.0 Å². The average molecular weight is 209 g/mol. The molecule has 0 bridgehead atoms. The van der Waals surface area contributed by atoms with E-state index in [0.717, 1.165) is 6.54 Å². The summed E-state index contributed by atoms with van der Waals surface area (Å²) in [6, 6.07) is 4.36. The number of hydrogen-bond donors (Lipinski definition) is 1. The second-order valence-corrected chi connectivity index (χ2v) is 5.56. The Morgan fingerprint density at radius 2 is 2.21 bits per heavy atom. The van der Waals surface area contributed by atoms with Crippen molar-refractivity contribution in [3.8, 4) is 0 Å². The molecule has 0 atom stereocenters. The Balaban J connectivity index is 1.72. The lowest BCUT2D eigenvalue weighted by atomic mass is 10.0. The minimum Gasteiger partial charge on any atom is -0.311 e. The first-order valence-electron chi connectivity index (χ1n) is 5.56. The van der Waals surface area contributed by atoms with Gasteiger partial charge in [-0.15, -0.1) is 11.3 Å². The fourth-order valence-corrected chi connectivity index (χ4v) is 2.98. The standard InChI is InChI=1S/C12H19NS/c1-12(7-2-3-8-12)13-9-6-11-5-4-10-14-11/h4-5,10,13H,2-3,6-9H2,1H3. The molecule has 2 rings (SSSR count). The summed E-state index contributed by atoms with van der Waals surface area (Å²) in [5.74, 6) is 0. The average Bonchev–Trinajstić information content (AvgIpc) is 2.77. The second-order valence-electron chi connectivity index (χ2n) is 4.52. The van der Waals surface area contributed by atoms with Gasteiger partial charge in [0, 0.05) is 17.0 Å². The predicted molar refractivity (Wildman–Crippen MR) is 62.9 cm³/mol. The molecule has 0 unspecified atom stereocenters. The van der Waals surface area contributed by atoms with Crippen molar-refractivity contribution in [2.75, 3.05) is 6.54 Å². The first-order valence-corrected chi connectivity index (χ1v) is 6.44. The lowest BCUT2D eigenvalue weighted by Crippen LogP contribution is -2.40. The molecule has 1 aromatic heterocycles. The van der Waals surface area contributed by atoms with Crippen molar-refractivity contribution in [3.63, 3.8) is 0 Å². The lowest BCUT2D eigenvalue weighted by Gasteiger charge is -2.25. The number of nitrogens with one attached hydrogen (secondary N) is 1. The molecule has 1 heterocycles. The maximum atomic E-state index is 3.70. The van der Waals surface area contributed by atoms with Crippen LogP contribution in [0.4, 0.5) is 0 Å². The van der Waals surface area contributed by atoms with Crippen LogP contribution in [0.25, 0.3) is 0 Å². The zero-order chi connectivity index (χ0) is 9.86. The third-order valence-electron chi connectivity index (χ3n) is 3.21. The summed E-state index contributed by atoms with van der Waals surface area (Å²) in [6.07, 6.45) is 6.72. The predicted octanol–water partition coefficient (Wildman–Crippen LogP) is 3.21. The Kier molecular flexibility index (Phi) is 3.24. The van der Waals surface area contributed by atoms with Gasteiger partial charge in [-0.2, -0.15) is 0 Å². The summed E-state index contributed by atoms with van der Waals surface area (Å²) in [6.45, 7) is 3.51. The largest absolute Gasteiger partial charge is 0.311 e. The van der Waals surface area contributed by atoms with Gasteiger partial charge in [-0.05, 0) is 37.6 Å². The highest BCUT2D eigenvalue weighted by Crippen LogP contribution is 2.28. The van der Waals surface area contributed by atoms with Crippen molar-refractivity contribution in [2.24, 2.45) is 0 Å². The minimum absolute atomic E-state index is 0.442. The molecule has 1 aliphatic rings. The van der Waals surface area contributed by atoms with Crippen LogP contribution >= 0.6 is 11.3 Å². The molecule has 0 amide bonds. The first kappa shape index (κ1) is 10.2. The van der Waals surface area contributed by atoms with Crippen LogP contribution in [0.1, 0.15) is 37.5 Å². The van der Waals surface area contributed by atoms with Gasteiger partial charge in [-0.1, -0.05) is 18.9 Å². The van der Waals surface area contributed by atoms with E-state index in [-0.39, 0.29) is 0 Å². The minimum atomic E-state index is 0.442. The van der Waals surface area contributed by atoms with Crippen molar-refractivity contribution >= 4 is 11.3 Å². The molecule has 1 aromatic rings. The van der Waals surface area contributed by atoms with E-state index in [2.05, 4.69) is 29.8 Å². The zero-order valence-corrected chi connectivity index (χ0v) is 9.70. The van der Waals surface area contributed by atoms with Gasteiger partial charge in [0.15, 0.2) is 0 Å². The van der Waals surface area contributed by atoms with Crippen molar-refractivity contribution in [1.29, 1.82) is 0 Å². The summed E-state index contributed by atoms with van der Waals surface area (Å²) in [4.78, 5) is 1.50. The SMILES string of the molecule is CC1(NCCc2cccs2)CCCC1. The zero-order valence-electron chi connectivity index (χ0n) is 8.88. The highest BCUT2D eigenvalue weighted by Gasteiger charge is 2.27. The van der Waals surface area contributed by atoms with Crippen LogP contribution in [0.15, 0.2) is 17.5 Å². The first-order chi connectivity index (χ1) is 6.79. The van der Waals surface area contributed by atoms with Crippen molar-refractivity contribution in [2.45, 2.75) is 44.6 Å².